The molecule has 0 saturated carbocycles. The Bertz CT molecular complexity index is 551. The van der Waals surface area contributed by atoms with E-state index in [2.05, 4.69) is 5.92 Å². The van der Waals surface area contributed by atoms with Gasteiger partial charge in [-0.25, -0.2) is 4.39 Å². The number of terminal acetylenes is 1. The first-order valence-electron chi connectivity index (χ1n) is 4.67. The van der Waals surface area contributed by atoms with Crippen molar-refractivity contribution in [2.45, 2.75) is 6.42 Å². The van der Waals surface area contributed by atoms with Crippen LogP contribution in [0.15, 0.2) is 29.6 Å². The van der Waals surface area contributed by atoms with Gasteiger partial charge in [-0.15, -0.1) is 17.8 Å². The van der Waals surface area contributed by atoms with Crippen LogP contribution in [0.1, 0.15) is 16.0 Å². The number of benzene rings is 1. The van der Waals surface area contributed by atoms with Gasteiger partial charge in [0, 0.05) is 0 Å². The lowest BCUT2D eigenvalue weighted by Gasteiger charge is -2.00. The summed E-state index contributed by atoms with van der Waals surface area (Å²) >= 11 is 7.24. The minimum Gasteiger partial charge on any atom is -0.205 e. The van der Waals surface area contributed by atoms with Crippen molar-refractivity contribution in [3.8, 4) is 12.3 Å². The van der Waals surface area contributed by atoms with Crippen LogP contribution in [0.5, 0.6) is 0 Å². The third kappa shape index (κ3) is 2.44. The molecular formula is C13H8ClFS. The first kappa shape index (κ1) is 11.2. The highest BCUT2D eigenvalue weighted by molar-refractivity contribution is 7.10. The van der Waals surface area contributed by atoms with E-state index in [4.69, 9.17) is 18.0 Å². The Morgan fingerprint density at radius 2 is 2.12 bits per heavy atom. The van der Waals surface area contributed by atoms with Gasteiger partial charge in [0.15, 0.2) is 0 Å². The molecule has 0 unspecified atom stereocenters. The molecule has 2 aromatic rings. The quantitative estimate of drug-likeness (QED) is 0.704. The summed E-state index contributed by atoms with van der Waals surface area (Å²) in [7, 11) is 0. The lowest BCUT2D eigenvalue weighted by Crippen LogP contribution is -1.87. The molecule has 0 atom stereocenters. The van der Waals surface area contributed by atoms with Crippen molar-refractivity contribution >= 4 is 22.9 Å². The fourth-order valence-electron chi connectivity index (χ4n) is 1.43. The molecule has 16 heavy (non-hydrogen) atoms. The Labute approximate surface area is 103 Å². The van der Waals surface area contributed by atoms with Crippen LogP contribution < -0.4 is 0 Å². The van der Waals surface area contributed by atoms with E-state index in [0.29, 0.717) is 0 Å². The zero-order valence-corrected chi connectivity index (χ0v) is 9.91. The van der Waals surface area contributed by atoms with Gasteiger partial charge in [0.1, 0.15) is 5.82 Å². The lowest BCUT2D eigenvalue weighted by atomic mass is 10.1. The highest BCUT2D eigenvalue weighted by Crippen LogP contribution is 2.21. The topological polar surface area (TPSA) is 0 Å². The van der Waals surface area contributed by atoms with Crippen LogP contribution in [0.3, 0.4) is 0 Å². The molecule has 0 amide bonds. The molecule has 80 valence electrons. The lowest BCUT2D eigenvalue weighted by molar-refractivity contribution is 0.627. The number of hydrogen-bond acceptors (Lipinski definition) is 1. The summed E-state index contributed by atoms with van der Waals surface area (Å²) in [5.74, 6) is 2.20. The maximum Gasteiger partial charge on any atom is 0.141 e. The van der Waals surface area contributed by atoms with Crippen LogP contribution in [-0.2, 0) is 6.42 Å². The Hall–Kier alpha value is -1.30. The molecule has 1 aromatic carbocycles. The van der Waals surface area contributed by atoms with Crippen LogP contribution in [0.2, 0.25) is 5.02 Å². The summed E-state index contributed by atoms with van der Waals surface area (Å²) in [6, 6.07) is 6.71. The largest absolute Gasteiger partial charge is 0.205 e. The minimum absolute atomic E-state index is 0.157. The average molecular weight is 251 g/mol. The van der Waals surface area contributed by atoms with Gasteiger partial charge in [0.25, 0.3) is 0 Å². The second-order valence-corrected chi connectivity index (χ2v) is 4.71. The molecule has 0 nitrogen and oxygen atoms in total. The summed E-state index contributed by atoms with van der Waals surface area (Å²) < 4.78 is 12.9. The molecule has 0 radical (unpaired) electrons. The fraction of sp³-hybridized carbons (Fsp3) is 0.0769. The smallest absolute Gasteiger partial charge is 0.141 e. The zero-order chi connectivity index (χ0) is 11.5. The van der Waals surface area contributed by atoms with E-state index in [1.807, 2.05) is 11.4 Å². The molecule has 0 fully saturated rings. The van der Waals surface area contributed by atoms with Crippen molar-refractivity contribution in [3.05, 3.63) is 56.5 Å². The zero-order valence-electron chi connectivity index (χ0n) is 8.34. The predicted molar refractivity (Wildman–Crippen MR) is 66.5 cm³/mol. The first-order valence-corrected chi connectivity index (χ1v) is 5.93. The molecule has 0 N–H and O–H groups in total. The summed E-state index contributed by atoms with van der Waals surface area (Å²) in [5, 5.41) is 2.16. The summed E-state index contributed by atoms with van der Waals surface area (Å²) in [5.41, 5.74) is 2.10. The number of thiophene rings is 1. The third-order valence-electron chi connectivity index (χ3n) is 2.19. The maximum atomic E-state index is 12.9. The SMILES string of the molecule is C#Cc1cc(Cc2ccc(F)c(Cl)c2)cs1. The van der Waals surface area contributed by atoms with Crippen molar-refractivity contribution in [2.75, 3.05) is 0 Å². The van der Waals surface area contributed by atoms with Crippen LogP contribution in [0, 0.1) is 18.2 Å². The highest BCUT2D eigenvalue weighted by Gasteiger charge is 2.03. The number of rotatable bonds is 2. The Morgan fingerprint density at radius 1 is 1.31 bits per heavy atom. The predicted octanol–water partition coefficient (Wildman–Crippen LogP) is 4.11. The molecule has 0 saturated heterocycles. The van der Waals surface area contributed by atoms with Crippen LogP contribution in [-0.4, -0.2) is 0 Å². The molecule has 0 spiro atoms. The normalized spacial score (nSPS) is 10.1. The van der Waals surface area contributed by atoms with Crippen LogP contribution in [0.25, 0.3) is 0 Å². The maximum absolute atomic E-state index is 12.9. The molecule has 2 rings (SSSR count). The monoisotopic (exact) mass is 250 g/mol. The van der Waals surface area contributed by atoms with Gasteiger partial charge in [-0.1, -0.05) is 23.6 Å². The molecule has 3 heteroatoms. The minimum atomic E-state index is -0.389. The summed E-state index contributed by atoms with van der Waals surface area (Å²) in [4.78, 5) is 0.906. The van der Waals surface area contributed by atoms with Gasteiger partial charge >= 0.3 is 0 Å². The molecule has 1 aromatic heterocycles. The molecular weight excluding hydrogens is 243 g/mol. The van der Waals surface area contributed by atoms with Gasteiger partial charge in [-0.05, 0) is 41.1 Å². The van der Waals surface area contributed by atoms with E-state index in [0.717, 1.165) is 22.4 Å². The van der Waals surface area contributed by atoms with Crippen LogP contribution >= 0.6 is 22.9 Å². The Kier molecular flexibility index (Phi) is 3.28. The van der Waals surface area contributed by atoms with E-state index in [1.54, 1.807) is 12.1 Å². The Balaban J connectivity index is 2.21. The average Bonchev–Trinajstić information content (AvgIpc) is 2.71. The van der Waals surface area contributed by atoms with Crippen molar-refractivity contribution < 1.29 is 4.39 Å². The van der Waals surface area contributed by atoms with E-state index in [1.165, 1.54) is 17.4 Å². The van der Waals surface area contributed by atoms with Gasteiger partial charge in [-0.3, -0.25) is 0 Å². The number of halogens is 2. The second-order valence-electron chi connectivity index (χ2n) is 3.39. The van der Waals surface area contributed by atoms with Gasteiger partial charge in [0.05, 0.1) is 9.90 Å². The molecule has 0 aliphatic rings. The molecule has 1 heterocycles. The number of hydrogen-bond donors (Lipinski definition) is 0. The van der Waals surface area contributed by atoms with Crippen molar-refractivity contribution in [3.63, 3.8) is 0 Å². The van der Waals surface area contributed by atoms with Gasteiger partial charge in [-0.2, -0.15) is 0 Å². The summed E-state index contributed by atoms with van der Waals surface area (Å²) in [6.07, 6.45) is 6.01. The van der Waals surface area contributed by atoms with Gasteiger partial charge < -0.3 is 0 Å². The van der Waals surface area contributed by atoms with E-state index >= 15 is 0 Å². The molecule has 0 aliphatic heterocycles. The highest BCUT2D eigenvalue weighted by atomic mass is 35.5. The van der Waals surface area contributed by atoms with Crippen molar-refractivity contribution in [2.24, 2.45) is 0 Å². The van der Waals surface area contributed by atoms with Crippen molar-refractivity contribution in [1.29, 1.82) is 0 Å². The molecule has 0 bridgehead atoms. The van der Waals surface area contributed by atoms with E-state index in [9.17, 15) is 4.39 Å². The Morgan fingerprint density at radius 3 is 2.75 bits per heavy atom. The van der Waals surface area contributed by atoms with Crippen molar-refractivity contribution in [1.82, 2.24) is 0 Å². The van der Waals surface area contributed by atoms with E-state index < -0.39 is 0 Å². The first-order chi connectivity index (χ1) is 7.69. The standard InChI is InChI=1S/C13H8ClFS/c1-2-11-6-10(8-16-11)5-9-3-4-13(15)12(14)7-9/h1,3-4,6-8H,5H2. The van der Waals surface area contributed by atoms with E-state index in [-0.39, 0.29) is 10.8 Å². The second kappa shape index (κ2) is 4.69. The van der Waals surface area contributed by atoms with Gasteiger partial charge in [0.2, 0.25) is 0 Å². The van der Waals surface area contributed by atoms with Crippen LogP contribution in [0.4, 0.5) is 4.39 Å². The fourth-order valence-corrected chi connectivity index (χ4v) is 2.35. The third-order valence-corrected chi connectivity index (χ3v) is 3.39. The summed E-state index contributed by atoms with van der Waals surface area (Å²) in [6.45, 7) is 0. The molecule has 0 aliphatic carbocycles.